The standard InChI is InChI=1S/C23H26BN3O7/c1-13(12-32-2)25-22(28)14-7-15(24(30)31)9-16(8-14)26-23(29)20-11-21(34-4)18-6-5-17(33-3)10-19(18)27-20/h5-11,13,30-31H,12H2,1-4H3,(H,25,28)(H,26,29). The lowest BCUT2D eigenvalue weighted by atomic mass is 9.79. The molecule has 4 N–H and O–H groups in total. The Morgan fingerprint density at radius 3 is 2.44 bits per heavy atom. The number of rotatable bonds is 9. The Balaban J connectivity index is 1.93. The van der Waals surface area contributed by atoms with Crippen LogP contribution in [-0.2, 0) is 4.74 Å². The van der Waals surface area contributed by atoms with Gasteiger partial charge in [0, 0.05) is 41.9 Å². The number of ether oxygens (including phenoxy) is 3. The van der Waals surface area contributed by atoms with Gasteiger partial charge in [0.15, 0.2) is 0 Å². The molecule has 0 spiro atoms. The number of carbonyl (C=O) groups excluding carboxylic acids is 2. The maximum absolute atomic E-state index is 13.0. The minimum absolute atomic E-state index is 0.0381. The molecule has 10 nitrogen and oxygen atoms in total. The summed E-state index contributed by atoms with van der Waals surface area (Å²) in [5.74, 6) is -0.0148. The Hall–Kier alpha value is -3.67. The van der Waals surface area contributed by atoms with Crippen molar-refractivity contribution < 1.29 is 33.8 Å². The van der Waals surface area contributed by atoms with Gasteiger partial charge in [-0.25, -0.2) is 4.98 Å². The van der Waals surface area contributed by atoms with Crippen molar-refractivity contribution in [3.63, 3.8) is 0 Å². The maximum Gasteiger partial charge on any atom is 0.488 e. The predicted octanol–water partition coefficient (Wildman–Crippen LogP) is 0.949. The second-order valence-electron chi connectivity index (χ2n) is 7.59. The van der Waals surface area contributed by atoms with Crippen LogP contribution in [0, 0.1) is 0 Å². The van der Waals surface area contributed by atoms with E-state index >= 15 is 0 Å². The van der Waals surface area contributed by atoms with Crippen molar-refractivity contribution in [1.29, 1.82) is 0 Å². The SMILES string of the molecule is COCC(C)NC(=O)c1cc(NC(=O)c2cc(OC)c3ccc(OC)cc3n2)cc(B(O)O)c1. The van der Waals surface area contributed by atoms with Crippen molar-refractivity contribution in [1.82, 2.24) is 10.3 Å². The molecule has 3 rings (SSSR count). The van der Waals surface area contributed by atoms with Crippen molar-refractivity contribution in [2.75, 3.05) is 33.3 Å². The molecule has 0 aliphatic carbocycles. The lowest BCUT2D eigenvalue weighted by molar-refractivity contribution is 0.0905. The summed E-state index contributed by atoms with van der Waals surface area (Å²) < 4.78 is 15.7. The van der Waals surface area contributed by atoms with E-state index in [0.717, 1.165) is 0 Å². The van der Waals surface area contributed by atoms with Crippen LogP contribution in [0.15, 0.2) is 42.5 Å². The monoisotopic (exact) mass is 467 g/mol. The first-order valence-electron chi connectivity index (χ1n) is 10.4. The largest absolute Gasteiger partial charge is 0.497 e. The number of anilines is 1. The topological polar surface area (TPSA) is 139 Å². The summed E-state index contributed by atoms with van der Waals surface area (Å²) in [6.07, 6.45) is 0. The molecule has 1 heterocycles. The Bertz CT molecular complexity index is 1200. The number of pyridine rings is 1. The fourth-order valence-electron chi connectivity index (χ4n) is 3.39. The molecule has 3 aromatic rings. The van der Waals surface area contributed by atoms with Gasteiger partial charge in [-0.2, -0.15) is 0 Å². The lowest BCUT2D eigenvalue weighted by Gasteiger charge is -2.15. The molecule has 0 saturated heterocycles. The summed E-state index contributed by atoms with van der Waals surface area (Å²) in [5, 5.41) is 25.4. The maximum atomic E-state index is 13.0. The average molecular weight is 467 g/mol. The smallest absolute Gasteiger partial charge is 0.488 e. The molecular weight excluding hydrogens is 441 g/mol. The van der Waals surface area contributed by atoms with Crippen LogP contribution >= 0.6 is 0 Å². The van der Waals surface area contributed by atoms with E-state index in [1.807, 2.05) is 0 Å². The van der Waals surface area contributed by atoms with Crippen molar-refractivity contribution >= 4 is 41.0 Å². The second-order valence-corrected chi connectivity index (χ2v) is 7.59. The number of methoxy groups -OCH3 is 3. The molecule has 2 amide bonds. The van der Waals surface area contributed by atoms with Crippen LogP contribution in [0.3, 0.4) is 0 Å². The number of benzene rings is 2. The number of fused-ring (bicyclic) bond motifs is 1. The number of aromatic nitrogens is 1. The van der Waals surface area contributed by atoms with Gasteiger partial charge in [0.05, 0.1) is 26.3 Å². The Labute approximate surface area is 197 Å². The van der Waals surface area contributed by atoms with E-state index in [1.54, 1.807) is 25.1 Å². The van der Waals surface area contributed by atoms with Gasteiger partial charge in [0.25, 0.3) is 11.8 Å². The molecule has 0 aliphatic rings. The van der Waals surface area contributed by atoms with Gasteiger partial charge in [-0.1, -0.05) is 0 Å². The van der Waals surface area contributed by atoms with Gasteiger partial charge >= 0.3 is 7.12 Å². The van der Waals surface area contributed by atoms with Crippen LogP contribution in [0.5, 0.6) is 11.5 Å². The van der Waals surface area contributed by atoms with Gasteiger partial charge in [0.1, 0.15) is 17.2 Å². The Morgan fingerprint density at radius 1 is 1.03 bits per heavy atom. The van der Waals surface area contributed by atoms with Gasteiger partial charge in [0.2, 0.25) is 0 Å². The number of amides is 2. The molecule has 0 aliphatic heterocycles. The molecule has 1 unspecified atom stereocenters. The number of hydrogen-bond acceptors (Lipinski definition) is 8. The van der Waals surface area contributed by atoms with Crippen molar-refractivity contribution in [2.24, 2.45) is 0 Å². The highest BCUT2D eigenvalue weighted by molar-refractivity contribution is 6.58. The minimum atomic E-state index is -1.84. The average Bonchev–Trinajstić information content (AvgIpc) is 2.82. The molecule has 178 valence electrons. The van der Waals surface area contributed by atoms with Crippen molar-refractivity contribution in [2.45, 2.75) is 13.0 Å². The first-order valence-corrected chi connectivity index (χ1v) is 10.4. The summed E-state index contributed by atoms with van der Waals surface area (Å²) in [7, 11) is 2.69. The first kappa shape index (κ1) is 25.0. The molecule has 1 atom stereocenters. The van der Waals surface area contributed by atoms with Gasteiger partial charge in [-0.05, 0) is 42.7 Å². The minimum Gasteiger partial charge on any atom is -0.497 e. The quantitative estimate of drug-likeness (QED) is 0.341. The molecule has 2 aromatic carbocycles. The van der Waals surface area contributed by atoms with E-state index in [4.69, 9.17) is 14.2 Å². The highest BCUT2D eigenvalue weighted by Gasteiger charge is 2.19. The zero-order valence-electron chi connectivity index (χ0n) is 19.3. The summed E-state index contributed by atoms with van der Waals surface area (Å²) >= 11 is 0. The number of carbonyl (C=O) groups is 2. The number of nitrogens with zero attached hydrogens (tertiary/aromatic N) is 1. The van der Waals surface area contributed by atoms with Crippen LogP contribution < -0.4 is 25.6 Å². The van der Waals surface area contributed by atoms with E-state index in [-0.39, 0.29) is 28.4 Å². The van der Waals surface area contributed by atoms with Crippen LogP contribution in [0.4, 0.5) is 5.69 Å². The van der Waals surface area contributed by atoms with E-state index in [1.165, 1.54) is 45.6 Å². The van der Waals surface area contributed by atoms with Crippen LogP contribution in [0.1, 0.15) is 27.8 Å². The van der Waals surface area contributed by atoms with E-state index in [9.17, 15) is 19.6 Å². The van der Waals surface area contributed by atoms with Crippen LogP contribution in [0.2, 0.25) is 0 Å². The Morgan fingerprint density at radius 2 is 1.79 bits per heavy atom. The van der Waals surface area contributed by atoms with Crippen molar-refractivity contribution in [3.05, 3.63) is 53.7 Å². The summed E-state index contributed by atoms with van der Waals surface area (Å²) in [5.41, 5.74) is 0.920. The first-order chi connectivity index (χ1) is 16.2. The van der Waals surface area contributed by atoms with E-state index in [0.29, 0.717) is 29.0 Å². The van der Waals surface area contributed by atoms with Gasteiger partial charge in [-0.3, -0.25) is 9.59 Å². The summed E-state index contributed by atoms with van der Waals surface area (Å²) in [6.45, 7) is 2.07. The second kappa shape index (κ2) is 11.0. The molecule has 1 aromatic heterocycles. The highest BCUT2D eigenvalue weighted by Crippen LogP contribution is 2.28. The van der Waals surface area contributed by atoms with Gasteiger partial charge in [-0.15, -0.1) is 0 Å². The van der Waals surface area contributed by atoms with Crippen LogP contribution in [0.25, 0.3) is 10.9 Å². The third-order valence-corrected chi connectivity index (χ3v) is 5.00. The van der Waals surface area contributed by atoms with Gasteiger partial charge < -0.3 is 34.9 Å². The fourth-order valence-corrected chi connectivity index (χ4v) is 3.39. The normalized spacial score (nSPS) is 11.6. The molecule has 11 heteroatoms. The highest BCUT2D eigenvalue weighted by atomic mass is 16.5. The molecule has 0 bridgehead atoms. The summed E-state index contributed by atoms with van der Waals surface area (Å²) in [6, 6.07) is 10.6. The van der Waals surface area contributed by atoms with Crippen molar-refractivity contribution in [3.8, 4) is 11.5 Å². The lowest BCUT2D eigenvalue weighted by Crippen LogP contribution is -2.37. The molecule has 0 radical (unpaired) electrons. The van der Waals surface area contributed by atoms with Crippen LogP contribution in [-0.4, -0.2) is 67.9 Å². The molecular formula is C23H26BN3O7. The molecule has 0 saturated carbocycles. The van der Waals surface area contributed by atoms with E-state index in [2.05, 4.69) is 15.6 Å². The molecule has 34 heavy (non-hydrogen) atoms. The van der Waals surface area contributed by atoms with E-state index < -0.39 is 18.9 Å². The zero-order valence-corrected chi connectivity index (χ0v) is 19.3. The number of nitrogens with one attached hydrogen (secondary N) is 2. The fraction of sp³-hybridized carbons (Fsp3) is 0.261. The summed E-state index contributed by atoms with van der Waals surface area (Å²) in [4.78, 5) is 30.0. The zero-order chi connectivity index (χ0) is 24.8. The third kappa shape index (κ3) is 5.82. The number of hydrogen-bond donors (Lipinski definition) is 4. The Kier molecular flexibility index (Phi) is 8.06. The third-order valence-electron chi connectivity index (χ3n) is 5.00. The molecule has 0 fully saturated rings. The predicted molar refractivity (Wildman–Crippen MR) is 128 cm³/mol.